The first-order chi connectivity index (χ1) is 14.9. The van der Waals surface area contributed by atoms with E-state index in [-0.39, 0.29) is 28.4 Å². The molecule has 31 heavy (non-hydrogen) atoms. The highest BCUT2D eigenvalue weighted by Crippen LogP contribution is 2.35. The quantitative estimate of drug-likeness (QED) is 0.301. The molecular weight excluding hydrogens is 390 g/mol. The molecule has 0 N–H and O–H groups in total. The van der Waals surface area contributed by atoms with Crippen LogP contribution in [-0.4, -0.2) is 17.5 Å². The van der Waals surface area contributed by atoms with Crippen LogP contribution in [0.3, 0.4) is 0 Å². The van der Waals surface area contributed by atoms with Crippen LogP contribution < -0.4 is 0 Å². The van der Waals surface area contributed by atoms with Crippen molar-refractivity contribution in [2.24, 2.45) is 5.92 Å². The van der Waals surface area contributed by atoms with Gasteiger partial charge in [0.05, 0.1) is 17.4 Å². The van der Waals surface area contributed by atoms with Gasteiger partial charge in [-0.05, 0) is 54.5 Å². The molecule has 158 valence electrons. The van der Waals surface area contributed by atoms with Crippen LogP contribution in [0.5, 0.6) is 0 Å². The highest BCUT2D eigenvalue weighted by Gasteiger charge is 2.32. The van der Waals surface area contributed by atoms with E-state index in [9.17, 15) is 14.9 Å². The maximum atomic E-state index is 12.4. The molecule has 2 atom stereocenters. The molecule has 1 aliphatic rings. The van der Waals surface area contributed by atoms with Crippen LogP contribution in [0.4, 0.5) is 5.69 Å². The number of nitrogens with zero attached hydrogens (tertiary/aromatic N) is 1. The molecule has 1 aliphatic heterocycles. The largest absolute Gasteiger partial charge is 0.465 e. The van der Waals surface area contributed by atoms with Gasteiger partial charge in [-0.2, -0.15) is 0 Å². The summed E-state index contributed by atoms with van der Waals surface area (Å²) in [5.41, 5.74) is 6.19. The van der Waals surface area contributed by atoms with Crippen LogP contribution in [0.15, 0.2) is 66.7 Å². The second kappa shape index (κ2) is 8.72. The Kier molecular flexibility index (Phi) is 5.85. The SMILES string of the molecule is Cc1ccc([C@H]2COC(=O)C(Cc3ccc(C)c([N+](=O)[O-])c3)C2)cc1-c1ccccc1. The van der Waals surface area contributed by atoms with E-state index in [2.05, 4.69) is 37.3 Å². The van der Waals surface area contributed by atoms with Gasteiger partial charge < -0.3 is 4.74 Å². The van der Waals surface area contributed by atoms with E-state index in [1.807, 2.05) is 24.3 Å². The number of rotatable bonds is 5. The normalized spacial score (nSPS) is 18.5. The zero-order valence-corrected chi connectivity index (χ0v) is 17.7. The van der Waals surface area contributed by atoms with E-state index in [1.165, 1.54) is 11.1 Å². The average Bonchev–Trinajstić information content (AvgIpc) is 2.77. The minimum absolute atomic E-state index is 0.0873. The summed E-state index contributed by atoms with van der Waals surface area (Å²) in [5, 5.41) is 11.3. The van der Waals surface area contributed by atoms with Gasteiger partial charge >= 0.3 is 5.97 Å². The molecule has 1 saturated heterocycles. The van der Waals surface area contributed by atoms with Gasteiger partial charge in [-0.1, -0.05) is 60.7 Å². The van der Waals surface area contributed by atoms with E-state index in [1.54, 1.807) is 19.1 Å². The lowest BCUT2D eigenvalue weighted by atomic mass is 9.82. The maximum Gasteiger partial charge on any atom is 0.309 e. The molecule has 5 nitrogen and oxygen atoms in total. The van der Waals surface area contributed by atoms with Crippen LogP contribution in [0.2, 0.25) is 0 Å². The number of benzene rings is 3. The zero-order valence-electron chi connectivity index (χ0n) is 17.7. The summed E-state index contributed by atoms with van der Waals surface area (Å²) in [5.74, 6) is -0.441. The van der Waals surface area contributed by atoms with Crippen molar-refractivity contribution in [3.8, 4) is 11.1 Å². The Balaban J connectivity index is 1.56. The molecule has 0 bridgehead atoms. The molecular formula is C26H25NO4. The zero-order chi connectivity index (χ0) is 22.0. The number of carbonyl (C=O) groups is 1. The number of hydrogen-bond acceptors (Lipinski definition) is 4. The number of ether oxygens (including phenoxy) is 1. The molecule has 0 saturated carbocycles. The van der Waals surface area contributed by atoms with Crippen LogP contribution in [0.1, 0.15) is 34.6 Å². The first-order valence-electron chi connectivity index (χ1n) is 10.5. The van der Waals surface area contributed by atoms with Crippen molar-refractivity contribution >= 4 is 11.7 Å². The molecule has 5 heteroatoms. The lowest BCUT2D eigenvalue weighted by Gasteiger charge is -2.29. The summed E-state index contributed by atoms with van der Waals surface area (Å²) in [4.78, 5) is 23.3. The fourth-order valence-corrected chi connectivity index (χ4v) is 4.29. The van der Waals surface area contributed by atoms with Gasteiger partial charge in [0, 0.05) is 17.5 Å². The van der Waals surface area contributed by atoms with Gasteiger partial charge in [-0.25, -0.2) is 0 Å². The molecule has 1 unspecified atom stereocenters. The topological polar surface area (TPSA) is 69.4 Å². The number of nitro benzene ring substituents is 1. The highest BCUT2D eigenvalue weighted by atomic mass is 16.6. The second-order valence-corrected chi connectivity index (χ2v) is 8.28. The second-order valence-electron chi connectivity index (χ2n) is 8.28. The number of aryl methyl sites for hydroxylation is 2. The number of esters is 1. The minimum atomic E-state index is -0.377. The molecule has 0 amide bonds. The fraction of sp³-hybridized carbons (Fsp3) is 0.269. The Hall–Kier alpha value is -3.47. The molecule has 0 radical (unpaired) electrons. The standard InChI is InChI=1S/C26H25NO4/c1-17-9-11-21(15-24(17)20-6-4-3-5-7-20)23-14-22(26(28)31-16-23)12-19-10-8-18(2)25(13-19)27(29)30/h3-11,13,15,22-23H,12,14,16H2,1-2H3/t22?,23-/m1/s1. The molecule has 0 aliphatic carbocycles. The van der Waals surface area contributed by atoms with Crippen molar-refractivity contribution in [2.75, 3.05) is 6.61 Å². The van der Waals surface area contributed by atoms with Crippen LogP contribution in [0.25, 0.3) is 11.1 Å². The Morgan fingerprint density at radius 3 is 2.48 bits per heavy atom. The summed E-state index contributed by atoms with van der Waals surface area (Å²) in [6, 6.07) is 21.9. The molecule has 4 rings (SSSR count). The molecule has 0 aromatic heterocycles. The molecule has 3 aromatic carbocycles. The monoisotopic (exact) mass is 415 g/mol. The maximum absolute atomic E-state index is 12.4. The first kappa shape index (κ1) is 20.8. The van der Waals surface area contributed by atoms with Gasteiger partial charge in [0.2, 0.25) is 0 Å². The third-order valence-corrected chi connectivity index (χ3v) is 6.10. The van der Waals surface area contributed by atoms with Gasteiger partial charge in [0.25, 0.3) is 5.69 Å². The minimum Gasteiger partial charge on any atom is -0.465 e. The number of hydrogen-bond donors (Lipinski definition) is 0. The van der Waals surface area contributed by atoms with Crippen LogP contribution >= 0.6 is 0 Å². The highest BCUT2D eigenvalue weighted by molar-refractivity contribution is 5.74. The lowest BCUT2D eigenvalue weighted by molar-refractivity contribution is -0.385. The lowest BCUT2D eigenvalue weighted by Crippen LogP contribution is -2.31. The van der Waals surface area contributed by atoms with Crippen LogP contribution in [-0.2, 0) is 16.0 Å². The van der Waals surface area contributed by atoms with E-state index in [0.717, 1.165) is 16.7 Å². The fourth-order valence-electron chi connectivity index (χ4n) is 4.29. The molecule has 1 fully saturated rings. The number of cyclic esters (lactones) is 1. The predicted octanol–water partition coefficient (Wildman–Crippen LogP) is 5.77. The molecule has 0 spiro atoms. The van der Waals surface area contributed by atoms with E-state index < -0.39 is 0 Å². The Labute approximate surface area is 181 Å². The van der Waals surface area contributed by atoms with Gasteiger partial charge in [0.15, 0.2) is 0 Å². The van der Waals surface area contributed by atoms with Crippen molar-refractivity contribution in [3.63, 3.8) is 0 Å². The summed E-state index contributed by atoms with van der Waals surface area (Å²) >= 11 is 0. The van der Waals surface area contributed by atoms with Gasteiger partial charge in [0.1, 0.15) is 0 Å². The van der Waals surface area contributed by atoms with Gasteiger partial charge in [-0.15, -0.1) is 0 Å². The first-order valence-corrected chi connectivity index (χ1v) is 10.5. The van der Waals surface area contributed by atoms with Crippen molar-refractivity contribution in [2.45, 2.75) is 32.6 Å². The van der Waals surface area contributed by atoms with Crippen molar-refractivity contribution in [1.29, 1.82) is 0 Å². The third kappa shape index (κ3) is 4.50. The van der Waals surface area contributed by atoms with Crippen molar-refractivity contribution in [3.05, 3.63) is 99.1 Å². The predicted molar refractivity (Wildman–Crippen MR) is 120 cm³/mol. The molecule has 3 aromatic rings. The van der Waals surface area contributed by atoms with E-state index in [4.69, 9.17) is 4.74 Å². The van der Waals surface area contributed by atoms with Crippen LogP contribution in [0, 0.1) is 29.9 Å². The smallest absolute Gasteiger partial charge is 0.309 e. The summed E-state index contributed by atoms with van der Waals surface area (Å²) < 4.78 is 5.53. The third-order valence-electron chi connectivity index (χ3n) is 6.10. The molecule has 1 heterocycles. The van der Waals surface area contributed by atoms with Gasteiger partial charge in [-0.3, -0.25) is 14.9 Å². The Morgan fingerprint density at radius 1 is 1.00 bits per heavy atom. The van der Waals surface area contributed by atoms with E-state index in [0.29, 0.717) is 25.0 Å². The summed E-state index contributed by atoms with van der Waals surface area (Å²) in [6.07, 6.45) is 1.10. The number of nitro groups is 1. The van der Waals surface area contributed by atoms with Crippen molar-refractivity contribution in [1.82, 2.24) is 0 Å². The summed E-state index contributed by atoms with van der Waals surface area (Å²) in [6.45, 7) is 4.18. The number of carbonyl (C=O) groups excluding carboxylic acids is 1. The Morgan fingerprint density at radius 2 is 1.74 bits per heavy atom. The van der Waals surface area contributed by atoms with Crippen molar-refractivity contribution < 1.29 is 14.5 Å². The average molecular weight is 415 g/mol. The Bertz CT molecular complexity index is 1120. The van der Waals surface area contributed by atoms with E-state index >= 15 is 0 Å². The summed E-state index contributed by atoms with van der Waals surface area (Å²) in [7, 11) is 0.